The van der Waals surface area contributed by atoms with Crippen molar-refractivity contribution in [1.82, 2.24) is 5.32 Å². The second-order valence-corrected chi connectivity index (χ2v) is 6.80. The molecule has 0 rings (SSSR count). The Hall–Kier alpha value is 0.0700. The molecular formula is C15H34NO4P. The zero-order valence-corrected chi connectivity index (χ0v) is 14.7. The van der Waals surface area contributed by atoms with Crippen molar-refractivity contribution in [3.05, 3.63) is 0 Å². The maximum atomic E-state index is 11.2. The average Bonchev–Trinajstić information content (AvgIpc) is 2.44. The Morgan fingerprint density at radius 3 is 1.90 bits per heavy atom. The zero-order chi connectivity index (χ0) is 15.8. The molecule has 0 aliphatic heterocycles. The fraction of sp³-hybridized carbons (Fsp3) is 1.00. The van der Waals surface area contributed by atoms with Crippen molar-refractivity contribution in [3.8, 4) is 0 Å². The summed E-state index contributed by atoms with van der Waals surface area (Å²) in [6, 6.07) is 0. The van der Waals surface area contributed by atoms with Gasteiger partial charge in [-0.1, -0.05) is 64.7 Å². The van der Waals surface area contributed by atoms with E-state index in [4.69, 9.17) is 9.42 Å². The SMILES string of the molecule is CCCCCCCCCCCCNCOP(=O)(O)OCC. The lowest BCUT2D eigenvalue weighted by atomic mass is 10.1. The minimum atomic E-state index is -3.84. The Morgan fingerprint density at radius 2 is 1.38 bits per heavy atom. The first-order valence-corrected chi connectivity index (χ1v) is 9.94. The summed E-state index contributed by atoms with van der Waals surface area (Å²) in [5.74, 6) is 0. The van der Waals surface area contributed by atoms with E-state index in [2.05, 4.69) is 16.8 Å². The van der Waals surface area contributed by atoms with E-state index in [-0.39, 0.29) is 13.3 Å². The first-order valence-electron chi connectivity index (χ1n) is 8.45. The molecule has 0 amide bonds. The zero-order valence-electron chi connectivity index (χ0n) is 13.8. The molecule has 0 saturated heterocycles. The van der Waals surface area contributed by atoms with Crippen molar-refractivity contribution in [1.29, 1.82) is 0 Å². The summed E-state index contributed by atoms with van der Waals surface area (Å²) >= 11 is 0. The van der Waals surface area contributed by atoms with Gasteiger partial charge in [0.25, 0.3) is 0 Å². The second-order valence-electron chi connectivity index (χ2n) is 5.34. The molecule has 0 heterocycles. The fourth-order valence-corrected chi connectivity index (χ4v) is 2.79. The van der Waals surface area contributed by atoms with Gasteiger partial charge in [-0.05, 0) is 19.9 Å². The molecule has 1 atom stereocenters. The van der Waals surface area contributed by atoms with Gasteiger partial charge in [-0.2, -0.15) is 0 Å². The van der Waals surface area contributed by atoms with Crippen LogP contribution in [0.4, 0.5) is 0 Å². The molecule has 0 aromatic heterocycles. The molecule has 0 fully saturated rings. The lowest BCUT2D eigenvalue weighted by molar-refractivity contribution is 0.146. The van der Waals surface area contributed by atoms with Crippen molar-refractivity contribution in [2.75, 3.05) is 19.9 Å². The number of unbranched alkanes of at least 4 members (excludes halogenated alkanes) is 9. The van der Waals surface area contributed by atoms with Crippen LogP contribution in [0.25, 0.3) is 0 Å². The fourth-order valence-electron chi connectivity index (χ4n) is 2.14. The summed E-state index contributed by atoms with van der Waals surface area (Å²) in [6.45, 7) is 4.94. The van der Waals surface area contributed by atoms with E-state index in [1.165, 1.54) is 57.8 Å². The van der Waals surface area contributed by atoms with Gasteiger partial charge in [0.05, 0.1) is 6.61 Å². The summed E-state index contributed by atoms with van der Waals surface area (Å²) in [5, 5.41) is 2.99. The molecule has 0 spiro atoms. The standard InChI is InChI=1S/C15H34NO4P/c1-3-5-6-7-8-9-10-11-12-13-14-16-15-20-21(17,18)19-4-2/h16H,3-15H2,1-2H3,(H,17,18). The van der Waals surface area contributed by atoms with Crippen LogP contribution < -0.4 is 5.32 Å². The molecule has 0 aliphatic rings. The quantitative estimate of drug-likeness (QED) is 0.247. The van der Waals surface area contributed by atoms with Gasteiger partial charge in [0.15, 0.2) is 0 Å². The second kappa shape index (κ2) is 15.0. The summed E-state index contributed by atoms with van der Waals surface area (Å²) in [4.78, 5) is 9.16. The Labute approximate surface area is 130 Å². The molecule has 0 aromatic rings. The van der Waals surface area contributed by atoms with E-state index >= 15 is 0 Å². The van der Waals surface area contributed by atoms with Crippen LogP contribution >= 0.6 is 7.82 Å². The highest BCUT2D eigenvalue weighted by Gasteiger charge is 2.18. The Morgan fingerprint density at radius 1 is 0.857 bits per heavy atom. The molecule has 2 N–H and O–H groups in total. The van der Waals surface area contributed by atoms with Crippen molar-refractivity contribution in [2.45, 2.75) is 78.1 Å². The maximum absolute atomic E-state index is 11.2. The normalized spacial score (nSPS) is 14.2. The highest BCUT2D eigenvalue weighted by atomic mass is 31.2. The van der Waals surface area contributed by atoms with Gasteiger partial charge < -0.3 is 4.89 Å². The first-order chi connectivity index (χ1) is 10.1. The number of nitrogens with one attached hydrogen (secondary N) is 1. The molecule has 0 aliphatic carbocycles. The van der Waals surface area contributed by atoms with Crippen LogP contribution in [0.15, 0.2) is 0 Å². The van der Waals surface area contributed by atoms with Gasteiger partial charge in [-0.25, -0.2) is 4.57 Å². The molecular weight excluding hydrogens is 289 g/mol. The number of phosphoric ester groups is 1. The molecule has 6 heteroatoms. The Bertz CT molecular complexity index is 264. The third-order valence-electron chi connectivity index (χ3n) is 3.33. The molecule has 1 unspecified atom stereocenters. The number of rotatable bonds is 16. The largest absolute Gasteiger partial charge is 0.473 e. The van der Waals surface area contributed by atoms with E-state index in [0.717, 1.165) is 13.0 Å². The van der Waals surface area contributed by atoms with E-state index < -0.39 is 7.82 Å². The molecule has 21 heavy (non-hydrogen) atoms. The van der Waals surface area contributed by atoms with Gasteiger partial charge in [0.1, 0.15) is 6.73 Å². The third-order valence-corrected chi connectivity index (χ3v) is 4.37. The topological polar surface area (TPSA) is 67.8 Å². The summed E-state index contributed by atoms with van der Waals surface area (Å²) < 4.78 is 20.5. The van der Waals surface area contributed by atoms with Crippen LogP contribution in [0.3, 0.4) is 0 Å². The van der Waals surface area contributed by atoms with Crippen LogP contribution in [0, 0.1) is 0 Å². The monoisotopic (exact) mass is 323 g/mol. The first kappa shape index (κ1) is 21.1. The maximum Gasteiger partial charge on any atom is 0.473 e. The van der Waals surface area contributed by atoms with Crippen LogP contribution in [0.1, 0.15) is 78.1 Å². The molecule has 0 radical (unpaired) electrons. The van der Waals surface area contributed by atoms with Crippen molar-refractivity contribution < 1.29 is 18.5 Å². The number of hydrogen-bond acceptors (Lipinski definition) is 4. The van der Waals surface area contributed by atoms with Crippen LogP contribution in [-0.4, -0.2) is 24.8 Å². The Balaban J connectivity index is 3.14. The number of phosphoric acid groups is 1. The van der Waals surface area contributed by atoms with Gasteiger partial charge in [-0.3, -0.25) is 14.4 Å². The molecule has 0 aromatic carbocycles. The predicted octanol–water partition coefficient (Wildman–Crippen LogP) is 4.61. The lowest BCUT2D eigenvalue weighted by Crippen LogP contribution is -2.18. The van der Waals surface area contributed by atoms with Crippen LogP contribution in [0.5, 0.6) is 0 Å². The van der Waals surface area contributed by atoms with Crippen LogP contribution in [0.2, 0.25) is 0 Å². The lowest BCUT2D eigenvalue weighted by Gasteiger charge is -2.11. The van der Waals surface area contributed by atoms with Gasteiger partial charge in [0, 0.05) is 0 Å². The summed E-state index contributed by atoms with van der Waals surface area (Å²) in [7, 11) is -3.84. The highest BCUT2D eigenvalue weighted by Crippen LogP contribution is 2.42. The molecule has 5 nitrogen and oxygen atoms in total. The molecule has 0 bridgehead atoms. The third kappa shape index (κ3) is 16.3. The Kier molecular flexibility index (Phi) is 15.0. The summed E-state index contributed by atoms with van der Waals surface area (Å²) in [5.41, 5.74) is 0. The van der Waals surface area contributed by atoms with E-state index in [1.54, 1.807) is 6.92 Å². The average molecular weight is 323 g/mol. The molecule has 0 saturated carbocycles. The predicted molar refractivity (Wildman–Crippen MR) is 87.3 cm³/mol. The highest BCUT2D eigenvalue weighted by molar-refractivity contribution is 7.47. The van der Waals surface area contributed by atoms with Crippen LogP contribution in [-0.2, 0) is 13.6 Å². The van der Waals surface area contributed by atoms with Gasteiger partial charge in [0.2, 0.25) is 0 Å². The van der Waals surface area contributed by atoms with Crippen molar-refractivity contribution in [2.24, 2.45) is 0 Å². The molecule has 128 valence electrons. The summed E-state index contributed by atoms with van der Waals surface area (Å²) in [6.07, 6.45) is 13.0. The minimum absolute atomic E-state index is 0.0607. The van der Waals surface area contributed by atoms with E-state index in [0.29, 0.717) is 0 Å². The smallest absolute Gasteiger partial charge is 0.302 e. The number of hydrogen-bond donors (Lipinski definition) is 2. The van der Waals surface area contributed by atoms with Crippen molar-refractivity contribution >= 4 is 7.82 Å². The van der Waals surface area contributed by atoms with Crippen molar-refractivity contribution in [3.63, 3.8) is 0 Å². The van der Waals surface area contributed by atoms with Gasteiger partial charge in [-0.15, -0.1) is 0 Å². The minimum Gasteiger partial charge on any atom is -0.302 e. The van der Waals surface area contributed by atoms with E-state index in [9.17, 15) is 4.57 Å². The van der Waals surface area contributed by atoms with Gasteiger partial charge >= 0.3 is 7.82 Å². The van der Waals surface area contributed by atoms with E-state index in [1.807, 2.05) is 0 Å².